The topological polar surface area (TPSA) is 79.4 Å². The van der Waals surface area contributed by atoms with Crippen molar-refractivity contribution in [2.45, 2.75) is 23.8 Å². The van der Waals surface area contributed by atoms with E-state index < -0.39 is 15.9 Å². The van der Waals surface area contributed by atoms with E-state index in [2.05, 4.69) is 10.3 Å². The molecule has 0 aliphatic carbocycles. The lowest BCUT2D eigenvalue weighted by Gasteiger charge is -2.19. The SMILES string of the molecule is CCN(CC)S(=O)(=O)c1cc(C(=O)Nc2ccc(SC)nc2)ccc1Cl. The van der Waals surface area contributed by atoms with E-state index in [9.17, 15) is 13.2 Å². The number of hydrogen-bond acceptors (Lipinski definition) is 5. The Morgan fingerprint density at radius 2 is 1.92 bits per heavy atom. The Labute approximate surface area is 163 Å². The minimum Gasteiger partial charge on any atom is -0.321 e. The van der Waals surface area contributed by atoms with Crippen molar-refractivity contribution in [1.82, 2.24) is 9.29 Å². The Morgan fingerprint density at radius 1 is 1.23 bits per heavy atom. The first-order chi connectivity index (χ1) is 12.3. The van der Waals surface area contributed by atoms with Crippen molar-refractivity contribution in [2.24, 2.45) is 0 Å². The molecule has 0 aliphatic rings. The Kier molecular flexibility index (Phi) is 7.05. The number of nitrogens with zero attached hydrogens (tertiary/aromatic N) is 2. The molecule has 0 saturated carbocycles. The summed E-state index contributed by atoms with van der Waals surface area (Å²) >= 11 is 7.58. The van der Waals surface area contributed by atoms with E-state index in [4.69, 9.17) is 11.6 Å². The molecule has 0 aliphatic heterocycles. The van der Waals surface area contributed by atoms with Crippen LogP contribution >= 0.6 is 23.4 Å². The van der Waals surface area contributed by atoms with Gasteiger partial charge >= 0.3 is 0 Å². The average molecular weight is 414 g/mol. The third-order valence-electron chi connectivity index (χ3n) is 3.72. The summed E-state index contributed by atoms with van der Waals surface area (Å²) in [7, 11) is -3.76. The molecule has 1 heterocycles. The second-order valence-corrected chi connectivity index (χ2v) is 8.42. The van der Waals surface area contributed by atoms with Crippen LogP contribution in [-0.4, -0.2) is 43.0 Å². The number of rotatable bonds is 7. The van der Waals surface area contributed by atoms with Crippen LogP contribution in [0.1, 0.15) is 24.2 Å². The fraction of sp³-hybridized carbons (Fsp3) is 0.294. The van der Waals surface area contributed by atoms with Gasteiger partial charge in [-0.2, -0.15) is 4.31 Å². The fourth-order valence-corrected chi connectivity index (χ4v) is 4.64. The van der Waals surface area contributed by atoms with Gasteiger partial charge in [0.05, 0.1) is 21.9 Å². The van der Waals surface area contributed by atoms with Crippen LogP contribution in [0.4, 0.5) is 5.69 Å². The highest BCUT2D eigenvalue weighted by molar-refractivity contribution is 7.98. The number of sulfonamides is 1. The zero-order chi connectivity index (χ0) is 19.3. The van der Waals surface area contributed by atoms with Crippen LogP contribution < -0.4 is 5.32 Å². The third-order valence-corrected chi connectivity index (χ3v) is 6.91. The zero-order valence-corrected chi connectivity index (χ0v) is 17.1. The van der Waals surface area contributed by atoms with Crippen LogP contribution in [0, 0.1) is 0 Å². The van der Waals surface area contributed by atoms with Crippen molar-refractivity contribution in [3.63, 3.8) is 0 Å². The minimum atomic E-state index is -3.76. The number of pyridine rings is 1. The molecule has 1 amide bonds. The molecule has 1 aromatic heterocycles. The maximum Gasteiger partial charge on any atom is 0.255 e. The number of amides is 1. The van der Waals surface area contributed by atoms with Gasteiger partial charge in [0.2, 0.25) is 10.0 Å². The molecule has 6 nitrogen and oxygen atoms in total. The van der Waals surface area contributed by atoms with E-state index in [-0.39, 0.29) is 15.5 Å². The first-order valence-electron chi connectivity index (χ1n) is 7.94. The van der Waals surface area contributed by atoms with Gasteiger partial charge in [-0.15, -0.1) is 11.8 Å². The van der Waals surface area contributed by atoms with E-state index in [1.165, 1.54) is 34.3 Å². The second-order valence-electron chi connectivity index (χ2n) is 5.28. The Hall–Kier alpha value is -1.61. The van der Waals surface area contributed by atoms with Gasteiger partial charge in [0.1, 0.15) is 4.90 Å². The molecule has 0 saturated heterocycles. The Bertz CT molecular complexity index is 883. The molecule has 1 aromatic carbocycles. The number of halogens is 1. The van der Waals surface area contributed by atoms with Gasteiger partial charge in [0, 0.05) is 18.7 Å². The smallest absolute Gasteiger partial charge is 0.255 e. The molecule has 2 rings (SSSR count). The van der Waals surface area contributed by atoms with E-state index >= 15 is 0 Å². The normalized spacial score (nSPS) is 11.6. The highest BCUT2D eigenvalue weighted by atomic mass is 35.5. The monoisotopic (exact) mass is 413 g/mol. The molecule has 0 bridgehead atoms. The number of thioether (sulfide) groups is 1. The van der Waals surface area contributed by atoms with Crippen molar-refractivity contribution in [3.05, 3.63) is 47.1 Å². The number of carbonyl (C=O) groups excluding carboxylic acids is 1. The predicted octanol–water partition coefficient (Wildman–Crippen LogP) is 3.74. The van der Waals surface area contributed by atoms with E-state index in [1.807, 2.05) is 6.26 Å². The van der Waals surface area contributed by atoms with Crippen molar-refractivity contribution in [3.8, 4) is 0 Å². The van der Waals surface area contributed by atoms with Crippen molar-refractivity contribution in [1.29, 1.82) is 0 Å². The summed E-state index contributed by atoms with van der Waals surface area (Å²) < 4.78 is 26.7. The van der Waals surface area contributed by atoms with Crippen LogP contribution in [0.5, 0.6) is 0 Å². The largest absolute Gasteiger partial charge is 0.321 e. The number of nitrogens with one attached hydrogen (secondary N) is 1. The maximum absolute atomic E-state index is 12.7. The lowest BCUT2D eigenvalue weighted by molar-refractivity contribution is 0.102. The second kappa shape index (κ2) is 8.85. The number of aromatic nitrogens is 1. The van der Waals surface area contributed by atoms with Crippen LogP contribution in [-0.2, 0) is 10.0 Å². The standard InChI is InChI=1S/C17H20ClN3O3S2/c1-4-21(5-2)26(23,24)15-10-12(6-8-14(15)18)17(22)20-13-7-9-16(25-3)19-11-13/h6-11H,4-5H2,1-3H3,(H,20,22). The molecule has 0 radical (unpaired) electrons. The fourth-order valence-electron chi connectivity index (χ4n) is 2.32. The van der Waals surface area contributed by atoms with Gasteiger partial charge in [-0.25, -0.2) is 13.4 Å². The molecule has 0 spiro atoms. The average Bonchev–Trinajstić information content (AvgIpc) is 2.63. The molecule has 26 heavy (non-hydrogen) atoms. The summed E-state index contributed by atoms with van der Waals surface area (Å²) in [5.74, 6) is -0.434. The first kappa shape index (κ1) is 20.7. The van der Waals surface area contributed by atoms with Gasteiger partial charge in [-0.1, -0.05) is 25.4 Å². The summed E-state index contributed by atoms with van der Waals surface area (Å²) in [4.78, 5) is 16.6. The summed E-state index contributed by atoms with van der Waals surface area (Å²) in [6, 6.07) is 7.73. The van der Waals surface area contributed by atoms with Gasteiger partial charge < -0.3 is 5.32 Å². The van der Waals surface area contributed by atoms with Crippen LogP contribution in [0.3, 0.4) is 0 Å². The lowest BCUT2D eigenvalue weighted by atomic mass is 10.2. The molecule has 0 atom stereocenters. The van der Waals surface area contributed by atoms with Crippen LogP contribution in [0.2, 0.25) is 5.02 Å². The summed E-state index contributed by atoms with van der Waals surface area (Å²) in [5, 5.41) is 3.62. The number of anilines is 1. The maximum atomic E-state index is 12.7. The summed E-state index contributed by atoms with van der Waals surface area (Å²) in [5.41, 5.74) is 0.727. The minimum absolute atomic E-state index is 0.0774. The van der Waals surface area contributed by atoms with Crippen molar-refractivity contribution >= 4 is 45.0 Å². The van der Waals surface area contributed by atoms with Gasteiger partial charge in [-0.05, 0) is 36.6 Å². The lowest BCUT2D eigenvalue weighted by Crippen LogP contribution is -2.31. The molecule has 1 N–H and O–H groups in total. The van der Waals surface area contributed by atoms with Crippen LogP contribution in [0.25, 0.3) is 0 Å². The number of carbonyl (C=O) groups is 1. The third kappa shape index (κ3) is 4.56. The zero-order valence-electron chi connectivity index (χ0n) is 14.7. The molecule has 0 unspecified atom stereocenters. The molecule has 0 fully saturated rings. The van der Waals surface area contributed by atoms with Gasteiger partial charge in [-0.3, -0.25) is 4.79 Å². The van der Waals surface area contributed by atoms with Crippen molar-refractivity contribution in [2.75, 3.05) is 24.7 Å². The molecular formula is C17H20ClN3O3S2. The van der Waals surface area contributed by atoms with E-state index in [0.29, 0.717) is 18.8 Å². The Morgan fingerprint density at radius 3 is 2.46 bits per heavy atom. The highest BCUT2D eigenvalue weighted by Crippen LogP contribution is 2.26. The Balaban J connectivity index is 2.31. The molecule has 140 valence electrons. The van der Waals surface area contributed by atoms with Gasteiger partial charge in [0.15, 0.2) is 0 Å². The summed E-state index contributed by atoms with van der Waals surface area (Å²) in [6.45, 7) is 4.13. The van der Waals surface area contributed by atoms with E-state index in [1.54, 1.807) is 32.2 Å². The molecule has 9 heteroatoms. The molecule has 2 aromatic rings. The molecular weight excluding hydrogens is 394 g/mol. The van der Waals surface area contributed by atoms with Crippen molar-refractivity contribution < 1.29 is 13.2 Å². The number of benzene rings is 1. The highest BCUT2D eigenvalue weighted by Gasteiger charge is 2.25. The van der Waals surface area contributed by atoms with Gasteiger partial charge in [0.25, 0.3) is 5.91 Å². The van der Waals surface area contributed by atoms with Crippen LogP contribution in [0.15, 0.2) is 46.5 Å². The number of hydrogen-bond donors (Lipinski definition) is 1. The quantitative estimate of drug-likeness (QED) is 0.699. The predicted molar refractivity (Wildman–Crippen MR) is 106 cm³/mol. The first-order valence-corrected chi connectivity index (χ1v) is 11.0. The van der Waals surface area contributed by atoms with E-state index in [0.717, 1.165) is 5.03 Å². The summed E-state index contributed by atoms with van der Waals surface area (Å²) in [6.07, 6.45) is 3.46.